The first-order chi connectivity index (χ1) is 6.36. The van der Waals surface area contributed by atoms with Crippen LogP contribution in [0.15, 0.2) is 35.7 Å². The summed E-state index contributed by atoms with van der Waals surface area (Å²) < 4.78 is 13.4. The number of nitrogens with one attached hydrogen (secondary N) is 1. The average molecular weight is 199 g/mol. The van der Waals surface area contributed by atoms with E-state index < -0.39 is 11.9 Å². The summed E-state index contributed by atoms with van der Waals surface area (Å²) in [4.78, 5) is 10.1. The molecule has 0 fully saturated rings. The van der Waals surface area contributed by atoms with Crippen molar-refractivity contribution in [2.75, 3.05) is 6.54 Å². The number of hydrogen-bond donors (Lipinski definition) is 2. The maximum atomic E-state index is 13.4. The molecule has 0 aliphatic heterocycles. The minimum Gasteiger partial charge on any atom is -0.465 e. The number of rotatable bonds is 4. The lowest BCUT2D eigenvalue weighted by molar-refractivity contribution is 0.195. The highest BCUT2D eigenvalue weighted by molar-refractivity contribution is 5.64. The molecule has 0 bridgehead atoms. The predicted octanol–water partition coefficient (Wildman–Crippen LogP) is 2.63. The van der Waals surface area contributed by atoms with Crippen LogP contribution in [0.4, 0.5) is 9.18 Å². The van der Waals surface area contributed by atoms with E-state index >= 15 is 0 Å². The summed E-state index contributed by atoms with van der Waals surface area (Å²) in [6, 6.07) is 0. The summed E-state index contributed by atoms with van der Waals surface area (Å²) in [7, 11) is 0. The van der Waals surface area contributed by atoms with Crippen LogP contribution in [-0.4, -0.2) is 17.7 Å². The largest absolute Gasteiger partial charge is 0.465 e. The quantitative estimate of drug-likeness (QED) is 0.684. The number of halogens is 1. The van der Waals surface area contributed by atoms with Crippen molar-refractivity contribution in [2.24, 2.45) is 0 Å². The third-order valence-electron chi connectivity index (χ3n) is 1.66. The lowest BCUT2D eigenvalue weighted by Gasteiger charge is -2.06. The van der Waals surface area contributed by atoms with Gasteiger partial charge in [0.2, 0.25) is 0 Å². The minimum absolute atomic E-state index is 0.0481. The van der Waals surface area contributed by atoms with Crippen LogP contribution in [0, 0.1) is 0 Å². The topological polar surface area (TPSA) is 49.3 Å². The van der Waals surface area contributed by atoms with Crippen molar-refractivity contribution in [1.82, 2.24) is 5.32 Å². The molecule has 1 amide bonds. The Bertz CT molecular complexity index is 305. The molecular formula is C10H14FNO2. The lowest BCUT2D eigenvalue weighted by atomic mass is 10.1. The van der Waals surface area contributed by atoms with Crippen LogP contribution in [0.5, 0.6) is 0 Å². The highest BCUT2D eigenvalue weighted by Gasteiger charge is 2.07. The molecule has 0 aromatic rings. The van der Waals surface area contributed by atoms with Crippen LogP contribution >= 0.6 is 0 Å². The van der Waals surface area contributed by atoms with Gasteiger partial charge in [0.15, 0.2) is 0 Å². The maximum Gasteiger partial charge on any atom is 0.404 e. The molecule has 2 N–H and O–H groups in total. The maximum absolute atomic E-state index is 13.4. The fourth-order valence-electron chi connectivity index (χ4n) is 0.731. The summed E-state index contributed by atoms with van der Waals surface area (Å²) in [5.41, 5.74) is 1.02. The van der Waals surface area contributed by atoms with Crippen molar-refractivity contribution < 1.29 is 14.3 Å². The zero-order valence-electron chi connectivity index (χ0n) is 8.35. The van der Waals surface area contributed by atoms with E-state index in [9.17, 15) is 9.18 Å². The first-order valence-corrected chi connectivity index (χ1v) is 4.03. The molecule has 4 heteroatoms. The van der Waals surface area contributed by atoms with Gasteiger partial charge in [-0.15, -0.1) is 0 Å². The van der Waals surface area contributed by atoms with E-state index in [2.05, 4.69) is 18.5 Å². The molecule has 0 aromatic heterocycles. The standard InChI is InChI=1S/C10H14FNO2/c1-6(2)8(4)9(11)7(3)5-12-10(13)14/h12H,1,4-5H2,2-3H3,(H,13,14)/b9-7-. The normalized spacial score (nSPS) is 11.6. The van der Waals surface area contributed by atoms with Gasteiger partial charge >= 0.3 is 6.09 Å². The molecule has 14 heavy (non-hydrogen) atoms. The molecule has 78 valence electrons. The molecule has 0 saturated carbocycles. The van der Waals surface area contributed by atoms with Crippen LogP contribution in [0.3, 0.4) is 0 Å². The minimum atomic E-state index is -1.18. The van der Waals surface area contributed by atoms with E-state index in [1.54, 1.807) is 6.92 Å². The molecule has 0 unspecified atom stereocenters. The first-order valence-electron chi connectivity index (χ1n) is 4.03. The van der Waals surface area contributed by atoms with Gasteiger partial charge in [-0.3, -0.25) is 0 Å². The fraction of sp³-hybridized carbons (Fsp3) is 0.300. The van der Waals surface area contributed by atoms with E-state index in [1.807, 2.05) is 0 Å². The van der Waals surface area contributed by atoms with Gasteiger partial charge in [-0.05, 0) is 25.0 Å². The van der Waals surface area contributed by atoms with Gasteiger partial charge in [0.25, 0.3) is 0 Å². The molecular weight excluding hydrogens is 185 g/mol. The van der Waals surface area contributed by atoms with E-state index in [0.717, 1.165) is 0 Å². The van der Waals surface area contributed by atoms with Crippen LogP contribution < -0.4 is 5.32 Å². The van der Waals surface area contributed by atoms with Crippen molar-refractivity contribution in [2.45, 2.75) is 13.8 Å². The Morgan fingerprint density at radius 1 is 1.43 bits per heavy atom. The van der Waals surface area contributed by atoms with Crippen molar-refractivity contribution >= 4 is 6.09 Å². The third kappa shape index (κ3) is 3.89. The predicted molar refractivity (Wildman–Crippen MR) is 53.8 cm³/mol. The second kappa shape index (κ2) is 5.21. The Kier molecular flexibility index (Phi) is 4.63. The van der Waals surface area contributed by atoms with E-state index in [4.69, 9.17) is 5.11 Å². The fourth-order valence-corrected chi connectivity index (χ4v) is 0.731. The highest BCUT2D eigenvalue weighted by Crippen LogP contribution is 2.19. The lowest BCUT2D eigenvalue weighted by Crippen LogP contribution is -2.23. The number of hydrogen-bond acceptors (Lipinski definition) is 1. The monoisotopic (exact) mass is 199 g/mol. The Morgan fingerprint density at radius 3 is 2.29 bits per heavy atom. The molecule has 0 heterocycles. The third-order valence-corrected chi connectivity index (χ3v) is 1.66. The van der Waals surface area contributed by atoms with Gasteiger partial charge in [-0.1, -0.05) is 13.2 Å². The van der Waals surface area contributed by atoms with E-state index in [0.29, 0.717) is 11.1 Å². The van der Waals surface area contributed by atoms with Crippen molar-refractivity contribution in [3.8, 4) is 0 Å². The molecule has 3 nitrogen and oxygen atoms in total. The zero-order valence-corrected chi connectivity index (χ0v) is 8.35. The Hall–Kier alpha value is -1.58. The van der Waals surface area contributed by atoms with Crippen molar-refractivity contribution in [1.29, 1.82) is 0 Å². The Morgan fingerprint density at radius 2 is 1.93 bits per heavy atom. The van der Waals surface area contributed by atoms with Gasteiger partial charge in [-0.2, -0.15) is 0 Å². The Balaban J connectivity index is 4.51. The van der Waals surface area contributed by atoms with Crippen LogP contribution in [-0.2, 0) is 0 Å². The highest BCUT2D eigenvalue weighted by atomic mass is 19.1. The number of carboxylic acid groups (broad SMARTS) is 1. The molecule has 0 rings (SSSR count). The summed E-state index contributed by atoms with van der Waals surface area (Å²) in [6.07, 6.45) is -1.18. The summed E-state index contributed by atoms with van der Waals surface area (Å²) >= 11 is 0. The van der Waals surface area contributed by atoms with Gasteiger partial charge in [0.05, 0.1) is 0 Å². The molecule has 0 aliphatic carbocycles. The van der Waals surface area contributed by atoms with Crippen molar-refractivity contribution in [3.05, 3.63) is 35.7 Å². The van der Waals surface area contributed by atoms with Crippen molar-refractivity contribution in [3.63, 3.8) is 0 Å². The van der Waals surface area contributed by atoms with Gasteiger partial charge in [0, 0.05) is 12.1 Å². The smallest absolute Gasteiger partial charge is 0.404 e. The molecule has 0 aromatic carbocycles. The first kappa shape index (κ1) is 12.4. The molecule has 0 aliphatic rings. The summed E-state index contributed by atoms with van der Waals surface area (Å²) in [6.45, 7) is 10.1. The number of carbonyl (C=O) groups is 1. The van der Waals surface area contributed by atoms with Crippen LogP contribution in [0.25, 0.3) is 0 Å². The van der Waals surface area contributed by atoms with Gasteiger partial charge in [-0.25, -0.2) is 9.18 Å². The second-order valence-corrected chi connectivity index (χ2v) is 3.01. The number of amides is 1. The summed E-state index contributed by atoms with van der Waals surface area (Å²) in [5.74, 6) is -0.508. The van der Waals surface area contributed by atoms with Gasteiger partial charge in [0.1, 0.15) is 5.83 Å². The molecule has 0 spiro atoms. The number of allylic oxidation sites excluding steroid dienone is 3. The second-order valence-electron chi connectivity index (χ2n) is 3.01. The average Bonchev–Trinajstić information content (AvgIpc) is 2.11. The molecule has 0 radical (unpaired) electrons. The van der Waals surface area contributed by atoms with Crippen LogP contribution in [0.1, 0.15) is 13.8 Å². The van der Waals surface area contributed by atoms with Crippen LogP contribution in [0.2, 0.25) is 0 Å². The zero-order chi connectivity index (χ0) is 11.3. The Labute approximate surface area is 82.6 Å². The van der Waals surface area contributed by atoms with Gasteiger partial charge < -0.3 is 10.4 Å². The molecule has 0 saturated heterocycles. The van der Waals surface area contributed by atoms with E-state index in [-0.39, 0.29) is 12.1 Å². The van der Waals surface area contributed by atoms with E-state index in [1.165, 1.54) is 6.92 Å². The molecule has 0 atom stereocenters. The SMILES string of the molecule is C=C(C)C(=C)/C(F)=C(\C)CNC(=O)O. The summed E-state index contributed by atoms with van der Waals surface area (Å²) in [5, 5.41) is 10.4.